The highest BCUT2D eigenvalue weighted by Gasteiger charge is 2.05. The zero-order valence-electron chi connectivity index (χ0n) is 13.1. The Bertz CT molecular complexity index is 356. The number of nitrogen functional groups attached to an aromatic ring is 1. The smallest absolute Gasteiger partial charge is 0.223 e. The summed E-state index contributed by atoms with van der Waals surface area (Å²) in [4.78, 5) is 10.6. The van der Waals surface area contributed by atoms with Gasteiger partial charge in [0.1, 0.15) is 6.61 Å². The zero-order chi connectivity index (χ0) is 14.8. The number of aromatic nitrogens is 2. The fraction of sp³-hybridized carbons (Fsp3) is 0.733. The highest BCUT2D eigenvalue weighted by atomic mass is 16.5. The molecule has 5 heteroatoms. The van der Waals surface area contributed by atoms with Crippen LogP contribution in [0.4, 0.5) is 5.95 Å². The molecule has 0 aliphatic heterocycles. The molecular weight excluding hydrogens is 252 g/mol. The van der Waals surface area contributed by atoms with Crippen LogP contribution >= 0.6 is 0 Å². The number of nitrogens with zero attached hydrogens (tertiary/aromatic N) is 3. The van der Waals surface area contributed by atoms with Gasteiger partial charge in [-0.25, -0.2) is 4.98 Å². The summed E-state index contributed by atoms with van der Waals surface area (Å²) < 4.78 is 5.69. The van der Waals surface area contributed by atoms with Crippen molar-refractivity contribution in [2.75, 3.05) is 32.0 Å². The minimum Gasteiger partial charge on any atom is -0.476 e. The number of hydrogen-bond donors (Lipinski definition) is 1. The fourth-order valence-corrected chi connectivity index (χ4v) is 2.01. The summed E-state index contributed by atoms with van der Waals surface area (Å²) in [5.41, 5.74) is 6.44. The van der Waals surface area contributed by atoms with E-state index in [1.165, 1.54) is 25.7 Å². The number of hydrogen-bond acceptors (Lipinski definition) is 5. The normalized spacial score (nSPS) is 11.0. The molecule has 0 saturated heterocycles. The Morgan fingerprint density at radius 3 is 2.30 bits per heavy atom. The lowest BCUT2D eigenvalue weighted by molar-refractivity contribution is 0.200. The van der Waals surface area contributed by atoms with E-state index in [1.54, 1.807) is 0 Å². The standard InChI is InChI=1S/C15H28N4O/c1-4-6-8-19(9-7-5-2)10-11-20-14-12-13(3)17-15(16)18-14/h12H,4-11H2,1-3H3,(H2,16,17,18). The van der Waals surface area contributed by atoms with Crippen LogP contribution < -0.4 is 10.5 Å². The van der Waals surface area contributed by atoms with Crippen molar-refractivity contribution < 1.29 is 4.74 Å². The van der Waals surface area contributed by atoms with Crippen molar-refractivity contribution in [1.29, 1.82) is 0 Å². The van der Waals surface area contributed by atoms with E-state index in [-0.39, 0.29) is 5.95 Å². The van der Waals surface area contributed by atoms with Gasteiger partial charge in [-0.05, 0) is 32.9 Å². The van der Waals surface area contributed by atoms with Crippen molar-refractivity contribution in [2.24, 2.45) is 0 Å². The highest BCUT2D eigenvalue weighted by molar-refractivity contribution is 5.25. The monoisotopic (exact) mass is 280 g/mol. The Morgan fingerprint density at radius 2 is 1.75 bits per heavy atom. The number of unbranched alkanes of at least 4 members (excludes halogenated alkanes) is 2. The predicted octanol–water partition coefficient (Wildman–Crippen LogP) is 2.65. The van der Waals surface area contributed by atoms with Gasteiger partial charge in [0, 0.05) is 18.3 Å². The number of aryl methyl sites for hydroxylation is 1. The van der Waals surface area contributed by atoms with Gasteiger partial charge in [0.25, 0.3) is 0 Å². The zero-order valence-corrected chi connectivity index (χ0v) is 13.1. The lowest BCUT2D eigenvalue weighted by atomic mass is 10.2. The van der Waals surface area contributed by atoms with Crippen molar-refractivity contribution in [3.05, 3.63) is 11.8 Å². The molecule has 0 radical (unpaired) electrons. The summed E-state index contributed by atoms with van der Waals surface area (Å²) in [6.45, 7) is 10.2. The molecule has 114 valence electrons. The number of ether oxygens (including phenoxy) is 1. The van der Waals surface area contributed by atoms with Crippen LogP contribution in [-0.4, -0.2) is 41.1 Å². The summed E-state index contributed by atoms with van der Waals surface area (Å²) in [6.07, 6.45) is 4.93. The van der Waals surface area contributed by atoms with Crippen molar-refractivity contribution in [2.45, 2.75) is 46.5 Å². The molecule has 0 aliphatic rings. The maximum atomic E-state index is 5.69. The summed E-state index contributed by atoms with van der Waals surface area (Å²) in [6, 6.07) is 1.82. The predicted molar refractivity (Wildman–Crippen MR) is 82.9 cm³/mol. The minimum absolute atomic E-state index is 0.272. The average molecular weight is 280 g/mol. The molecule has 1 rings (SSSR count). The lowest BCUT2D eigenvalue weighted by Crippen LogP contribution is -2.30. The van der Waals surface area contributed by atoms with Gasteiger partial charge in [-0.1, -0.05) is 26.7 Å². The maximum Gasteiger partial charge on any atom is 0.223 e. The fourth-order valence-electron chi connectivity index (χ4n) is 2.01. The van der Waals surface area contributed by atoms with Crippen LogP contribution in [0.5, 0.6) is 5.88 Å². The Kier molecular flexibility index (Phi) is 7.95. The quantitative estimate of drug-likeness (QED) is 0.714. The third-order valence-corrected chi connectivity index (χ3v) is 3.16. The first kappa shape index (κ1) is 16.7. The van der Waals surface area contributed by atoms with Crippen LogP contribution in [0.1, 0.15) is 45.2 Å². The van der Waals surface area contributed by atoms with Gasteiger partial charge >= 0.3 is 0 Å². The molecule has 1 aromatic rings. The SMILES string of the molecule is CCCCN(CCCC)CCOc1cc(C)nc(N)n1. The molecule has 0 fully saturated rings. The molecule has 1 heterocycles. The van der Waals surface area contributed by atoms with Gasteiger partial charge in [-0.2, -0.15) is 4.98 Å². The van der Waals surface area contributed by atoms with Crippen LogP contribution in [-0.2, 0) is 0 Å². The van der Waals surface area contributed by atoms with Crippen molar-refractivity contribution in [3.8, 4) is 5.88 Å². The van der Waals surface area contributed by atoms with Crippen molar-refractivity contribution >= 4 is 5.95 Å². The van der Waals surface area contributed by atoms with Gasteiger partial charge in [-0.15, -0.1) is 0 Å². The first-order chi connectivity index (χ1) is 9.65. The Hall–Kier alpha value is -1.36. The molecule has 0 saturated carbocycles. The van der Waals surface area contributed by atoms with E-state index in [2.05, 4.69) is 28.7 Å². The molecule has 0 atom stereocenters. The second-order valence-corrected chi connectivity index (χ2v) is 5.10. The average Bonchev–Trinajstić information content (AvgIpc) is 2.40. The van der Waals surface area contributed by atoms with Gasteiger partial charge in [0.2, 0.25) is 11.8 Å². The Morgan fingerprint density at radius 1 is 1.10 bits per heavy atom. The maximum absolute atomic E-state index is 5.69. The van der Waals surface area contributed by atoms with E-state index in [1.807, 2.05) is 13.0 Å². The third-order valence-electron chi connectivity index (χ3n) is 3.16. The molecular formula is C15H28N4O. The first-order valence-corrected chi connectivity index (χ1v) is 7.62. The van der Waals surface area contributed by atoms with E-state index in [4.69, 9.17) is 10.5 Å². The summed E-state index contributed by atoms with van der Waals surface area (Å²) in [5, 5.41) is 0. The van der Waals surface area contributed by atoms with Gasteiger partial charge in [-0.3, -0.25) is 4.90 Å². The summed E-state index contributed by atoms with van der Waals surface area (Å²) >= 11 is 0. The Balaban J connectivity index is 2.37. The molecule has 2 N–H and O–H groups in total. The van der Waals surface area contributed by atoms with E-state index in [0.717, 1.165) is 25.3 Å². The van der Waals surface area contributed by atoms with Gasteiger partial charge in [0.05, 0.1) is 0 Å². The summed E-state index contributed by atoms with van der Waals surface area (Å²) in [5.74, 6) is 0.842. The molecule has 0 bridgehead atoms. The second kappa shape index (κ2) is 9.53. The van der Waals surface area contributed by atoms with E-state index in [9.17, 15) is 0 Å². The number of rotatable bonds is 10. The Labute approximate surface area is 122 Å². The molecule has 5 nitrogen and oxygen atoms in total. The topological polar surface area (TPSA) is 64.3 Å². The summed E-state index contributed by atoms with van der Waals surface area (Å²) in [7, 11) is 0. The molecule has 0 unspecified atom stereocenters. The highest BCUT2D eigenvalue weighted by Crippen LogP contribution is 2.10. The van der Waals surface area contributed by atoms with Crippen LogP contribution in [0.25, 0.3) is 0 Å². The van der Waals surface area contributed by atoms with E-state index < -0.39 is 0 Å². The molecule has 0 aliphatic carbocycles. The van der Waals surface area contributed by atoms with Crippen LogP contribution in [0.3, 0.4) is 0 Å². The van der Waals surface area contributed by atoms with Crippen molar-refractivity contribution in [3.63, 3.8) is 0 Å². The van der Waals surface area contributed by atoms with Gasteiger partial charge in [0.15, 0.2) is 0 Å². The lowest BCUT2D eigenvalue weighted by Gasteiger charge is -2.21. The van der Waals surface area contributed by atoms with Crippen LogP contribution in [0.15, 0.2) is 6.07 Å². The number of anilines is 1. The molecule has 0 spiro atoms. The molecule has 0 amide bonds. The third kappa shape index (κ3) is 6.70. The molecule has 20 heavy (non-hydrogen) atoms. The van der Waals surface area contributed by atoms with Crippen LogP contribution in [0.2, 0.25) is 0 Å². The minimum atomic E-state index is 0.272. The van der Waals surface area contributed by atoms with E-state index in [0.29, 0.717) is 12.5 Å². The van der Waals surface area contributed by atoms with Crippen molar-refractivity contribution in [1.82, 2.24) is 14.9 Å². The molecule has 1 aromatic heterocycles. The van der Waals surface area contributed by atoms with Crippen LogP contribution in [0, 0.1) is 6.92 Å². The largest absolute Gasteiger partial charge is 0.476 e. The number of nitrogens with two attached hydrogens (primary N) is 1. The molecule has 0 aromatic carbocycles. The van der Waals surface area contributed by atoms with Gasteiger partial charge < -0.3 is 10.5 Å². The first-order valence-electron chi connectivity index (χ1n) is 7.62. The van der Waals surface area contributed by atoms with E-state index >= 15 is 0 Å². The second-order valence-electron chi connectivity index (χ2n) is 5.10.